The number of nitrogens with zero attached hydrogens (tertiary/aromatic N) is 1. The van der Waals surface area contributed by atoms with Gasteiger partial charge in [-0.3, -0.25) is 9.59 Å². The van der Waals surface area contributed by atoms with Gasteiger partial charge in [0.05, 0.1) is 4.83 Å². The van der Waals surface area contributed by atoms with Gasteiger partial charge in [-0.1, -0.05) is 15.9 Å². The second-order valence-electron chi connectivity index (χ2n) is 3.59. The molecule has 0 aromatic carbocycles. The molecule has 5 heteroatoms. The average Bonchev–Trinajstić information content (AvgIpc) is 2.50. The first kappa shape index (κ1) is 11.5. The zero-order chi connectivity index (χ0) is 10.7. The van der Waals surface area contributed by atoms with E-state index in [4.69, 9.17) is 0 Å². The van der Waals surface area contributed by atoms with Gasteiger partial charge in [0, 0.05) is 26.1 Å². The second kappa shape index (κ2) is 4.77. The lowest BCUT2D eigenvalue weighted by Gasteiger charge is -2.18. The predicted octanol–water partition coefficient (Wildman–Crippen LogP) is 0.507. The maximum absolute atomic E-state index is 11.5. The van der Waals surface area contributed by atoms with Crippen molar-refractivity contribution in [3.63, 3.8) is 0 Å². The normalized spacial score (nSPS) is 23.4. The molecule has 2 amide bonds. The Labute approximate surface area is 92.2 Å². The van der Waals surface area contributed by atoms with Crippen molar-refractivity contribution in [2.45, 2.75) is 31.1 Å². The molecular weight excluding hydrogens is 248 g/mol. The van der Waals surface area contributed by atoms with Gasteiger partial charge in [-0.05, 0) is 13.3 Å². The summed E-state index contributed by atoms with van der Waals surface area (Å²) in [5.41, 5.74) is 0. The van der Waals surface area contributed by atoms with E-state index in [0.717, 1.165) is 13.0 Å². The molecule has 0 saturated carbocycles. The molecule has 0 aliphatic carbocycles. The molecule has 14 heavy (non-hydrogen) atoms. The van der Waals surface area contributed by atoms with E-state index in [0.29, 0.717) is 6.54 Å². The highest BCUT2D eigenvalue weighted by atomic mass is 79.9. The zero-order valence-corrected chi connectivity index (χ0v) is 10.0. The lowest BCUT2D eigenvalue weighted by Crippen LogP contribution is -2.39. The second-order valence-corrected chi connectivity index (χ2v) is 4.96. The predicted molar refractivity (Wildman–Crippen MR) is 57.2 cm³/mol. The van der Waals surface area contributed by atoms with Crippen molar-refractivity contribution in [2.75, 3.05) is 13.1 Å². The van der Waals surface area contributed by atoms with Crippen molar-refractivity contribution >= 4 is 27.7 Å². The van der Waals surface area contributed by atoms with Crippen LogP contribution in [0.1, 0.15) is 20.3 Å². The monoisotopic (exact) mass is 262 g/mol. The van der Waals surface area contributed by atoms with Gasteiger partial charge in [-0.2, -0.15) is 0 Å². The number of alkyl halides is 1. The highest BCUT2D eigenvalue weighted by molar-refractivity contribution is 9.10. The molecule has 1 rings (SSSR count). The number of nitrogens with one attached hydrogen (secondary N) is 1. The number of rotatable bonds is 2. The standard InChI is InChI=1S/C9H15BrN2O2/c1-6(10)9(14)12-4-3-8(5-12)11-7(2)13/h6,8H,3-5H2,1-2H3,(H,11,13). The summed E-state index contributed by atoms with van der Waals surface area (Å²) in [5.74, 6) is 0.0639. The summed E-state index contributed by atoms with van der Waals surface area (Å²) in [5, 5.41) is 2.82. The lowest BCUT2D eigenvalue weighted by molar-refractivity contribution is -0.129. The quantitative estimate of drug-likeness (QED) is 0.738. The molecule has 4 nitrogen and oxygen atoms in total. The van der Waals surface area contributed by atoms with E-state index < -0.39 is 0 Å². The van der Waals surface area contributed by atoms with Crippen LogP contribution in [0.15, 0.2) is 0 Å². The summed E-state index contributed by atoms with van der Waals surface area (Å²) in [4.78, 5) is 24.0. The Kier molecular flexibility index (Phi) is 3.92. The minimum atomic E-state index is -0.140. The van der Waals surface area contributed by atoms with E-state index in [2.05, 4.69) is 21.2 Å². The summed E-state index contributed by atoms with van der Waals surface area (Å²) < 4.78 is 0. The molecular formula is C9H15BrN2O2. The fourth-order valence-corrected chi connectivity index (χ4v) is 1.91. The van der Waals surface area contributed by atoms with Crippen LogP contribution >= 0.6 is 15.9 Å². The Bertz CT molecular complexity index is 243. The first-order valence-corrected chi connectivity index (χ1v) is 5.62. The van der Waals surface area contributed by atoms with Crippen molar-refractivity contribution in [2.24, 2.45) is 0 Å². The molecule has 0 bridgehead atoms. The Morgan fingerprint density at radius 2 is 2.21 bits per heavy atom. The van der Waals surface area contributed by atoms with Crippen LogP contribution in [0.5, 0.6) is 0 Å². The molecule has 0 aromatic rings. The van der Waals surface area contributed by atoms with Crippen molar-refractivity contribution in [3.05, 3.63) is 0 Å². The van der Waals surface area contributed by atoms with Crippen LogP contribution in [0.25, 0.3) is 0 Å². The number of amides is 2. The summed E-state index contributed by atoms with van der Waals surface area (Å²) in [6.07, 6.45) is 0.852. The van der Waals surface area contributed by atoms with Crippen LogP contribution in [0.2, 0.25) is 0 Å². The van der Waals surface area contributed by atoms with E-state index in [-0.39, 0.29) is 22.7 Å². The number of halogens is 1. The number of hydrogen-bond acceptors (Lipinski definition) is 2. The van der Waals surface area contributed by atoms with Crippen LogP contribution < -0.4 is 5.32 Å². The van der Waals surface area contributed by atoms with Crippen molar-refractivity contribution < 1.29 is 9.59 Å². The molecule has 0 spiro atoms. The van der Waals surface area contributed by atoms with E-state index in [1.54, 1.807) is 4.90 Å². The van der Waals surface area contributed by atoms with E-state index in [9.17, 15) is 9.59 Å². The molecule has 2 atom stereocenters. The third kappa shape index (κ3) is 2.97. The van der Waals surface area contributed by atoms with Crippen LogP contribution in [-0.2, 0) is 9.59 Å². The first-order valence-electron chi connectivity index (χ1n) is 4.70. The van der Waals surface area contributed by atoms with Gasteiger partial charge in [0.15, 0.2) is 0 Å². The molecule has 2 unspecified atom stereocenters. The molecule has 1 N–H and O–H groups in total. The first-order chi connectivity index (χ1) is 6.50. The van der Waals surface area contributed by atoms with Crippen molar-refractivity contribution in [1.82, 2.24) is 10.2 Å². The van der Waals surface area contributed by atoms with Gasteiger partial charge in [0.25, 0.3) is 0 Å². The van der Waals surface area contributed by atoms with Gasteiger partial charge in [-0.15, -0.1) is 0 Å². The van der Waals surface area contributed by atoms with Gasteiger partial charge in [0.1, 0.15) is 0 Å². The highest BCUT2D eigenvalue weighted by Gasteiger charge is 2.28. The maximum Gasteiger partial charge on any atom is 0.236 e. The van der Waals surface area contributed by atoms with Gasteiger partial charge in [-0.25, -0.2) is 0 Å². The molecule has 1 aliphatic heterocycles. The van der Waals surface area contributed by atoms with E-state index >= 15 is 0 Å². The van der Waals surface area contributed by atoms with E-state index in [1.807, 2.05) is 6.92 Å². The minimum Gasteiger partial charge on any atom is -0.352 e. The van der Waals surface area contributed by atoms with E-state index in [1.165, 1.54) is 6.92 Å². The molecule has 0 radical (unpaired) electrons. The third-order valence-electron chi connectivity index (χ3n) is 2.25. The molecule has 0 aromatic heterocycles. The molecule has 1 heterocycles. The summed E-state index contributed by atoms with van der Waals surface area (Å²) in [6, 6.07) is 0.127. The Hall–Kier alpha value is -0.580. The summed E-state index contributed by atoms with van der Waals surface area (Å²) in [6.45, 7) is 4.68. The Balaban J connectivity index is 2.41. The van der Waals surface area contributed by atoms with Gasteiger partial charge >= 0.3 is 0 Å². The number of likely N-dealkylation sites (tertiary alicyclic amines) is 1. The van der Waals surface area contributed by atoms with Crippen LogP contribution in [0.4, 0.5) is 0 Å². The van der Waals surface area contributed by atoms with Crippen LogP contribution in [0.3, 0.4) is 0 Å². The number of carbonyl (C=O) groups is 2. The molecule has 1 aliphatic rings. The Morgan fingerprint density at radius 3 is 2.71 bits per heavy atom. The van der Waals surface area contributed by atoms with Crippen molar-refractivity contribution in [1.29, 1.82) is 0 Å². The van der Waals surface area contributed by atoms with Gasteiger partial charge in [0.2, 0.25) is 11.8 Å². The molecule has 1 saturated heterocycles. The lowest BCUT2D eigenvalue weighted by atomic mass is 10.2. The number of carbonyl (C=O) groups excluding carboxylic acids is 2. The topological polar surface area (TPSA) is 49.4 Å². The minimum absolute atomic E-state index is 0.0313. The molecule has 80 valence electrons. The van der Waals surface area contributed by atoms with Gasteiger partial charge < -0.3 is 10.2 Å². The zero-order valence-electron chi connectivity index (χ0n) is 8.42. The smallest absolute Gasteiger partial charge is 0.236 e. The Morgan fingerprint density at radius 1 is 1.57 bits per heavy atom. The highest BCUT2D eigenvalue weighted by Crippen LogP contribution is 2.13. The fraction of sp³-hybridized carbons (Fsp3) is 0.778. The summed E-state index contributed by atoms with van der Waals surface area (Å²) >= 11 is 3.24. The van der Waals surface area contributed by atoms with Crippen LogP contribution in [-0.4, -0.2) is 40.7 Å². The van der Waals surface area contributed by atoms with Crippen molar-refractivity contribution in [3.8, 4) is 0 Å². The SMILES string of the molecule is CC(=O)NC1CCN(C(=O)C(C)Br)C1. The largest absolute Gasteiger partial charge is 0.352 e. The molecule has 1 fully saturated rings. The third-order valence-corrected chi connectivity index (χ3v) is 2.64. The maximum atomic E-state index is 11.5. The fourth-order valence-electron chi connectivity index (χ4n) is 1.62. The summed E-state index contributed by atoms with van der Waals surface area (Å²) in [7, 11) is 0. The van der Waals surface area contributed by atoms with Crippen LogP contribution in [0, 0.1) is 0 Å². The average molecular weight is 263 g/mol. The number of hydrogen-bond donors (Lipinski definition) is 1.